The smallest absolute Gasteiger partial charge is 0.300 e. The van der Waals surface area contributed by atoms with Crippen LogP contribution in [-0.4, -0.2) is 23.9 Å². The molecule has 0 spiro atoms. The molecule has 1 unspecified atom stereocenters. The van der Waals surface area contributed by atoms with Crippen LogP contribution in [-0.2, 0) is 9.59 Å². The predicted molar refractivity (Wildman–Crippen MR) is 123 cm³/mol. The molecule has 3 aromatic rings. The Hall–Kier alpha value is -3.38. The number of thiophene rings is 1. The minimum atomic E-state index is -0.716. The summed E-state index contributed by atoms with van der Waals surface area (Å²) in [5.74, 6) is -1.11. The lowest BCUT2D eigenvalue weighted by Gasteiger charge is -2.25. The van der Waals surface area contributed by atoms with E-state index in [1.165, 1.54) is 23.3 Å². The van der Waals surface area contributed by atoms with Crippen LogP contribution in [0.2, 0.25) is 0 Å². The maximum atomic E-state index is 13.2. The summed E-state index contributed by atoms with van der Waals surface area (Å²) in [6, 6.07) is 14.2. The lowest BCUT2D eigenvalue weighted by atomic mass is 9.96. The fourth-order valence-electron chi connectivity index (χ4n) is 4.18. The summed E-state index contributed by atoms with van der Waals surface area (Å²) in [6.07, 6.45) is 0. The number of aryl methyl sites for hydroxylation is 3. The molecule has 4 rings (SSSR count). The lowest BCUT2D eigenvalue weighted by Crippen LogP contribution is -2.29. The first kappa shape index (κ1) is 20.9. The van der Waals surface area contributed by atoms with Crippen LogP contribution in [0.1, 0.15) is 33.2 Å². The molecule has 0 aliphatic carbocycles. The van der Waals surface area contributed by atoms with Crippen molar-refractivity contribution in [3.05, 3.63) is 86.6 Å². The third kappa shape index (κ3) is 3.43. The van der Waals surface area contributed by atoms with Crippen LogP contribution in [0.15, 0.2) is 59.5 Å². The van der Waals surface area contributed by atoms with Crippen LogP contribution < -0.4 is 9.64 Å². The van der Waals surface area contributed by atoms with Crippen molar-refractivity contribution < 1.29 is 19.4 Å². The van der Waals surface area contributed by atoms with E-state index in [2.05, 4.69) is 0 Å². The van der Waals surface area contributed by atoms with Gasteiger partial charge in [0.25, 0.3) is 11.7 Å². The topological polar surface area (TPSA) is 66.8 Å². The lowest BCUT2D eigenvalue weighted by molar-refractivity contribution is -0.132. The molecule has 5 nitrogen and oxygen atoms in total. The van der Waals surface area contributed by atoms with Crippen LogP contribution in [0.4, 0.5) is 5.69 Å². The molecule has 1 aromatic heterocycles. The van der Waals surface area contributed by atoms with Gasteiger partial charge >= 0.3 is 0 Å². The van der Waals surface area contributed by atoms with Gasteiger partial charge in [-0.3, -0.25) is 14.5 Å². The van der Waals surface area contributed by atoms with Crippen molar-refractivity contribution in [2.75, 3.05) is 12.0 Å². The monoisotopic (exact) mass is 433 g/mol. The van der Waals surface area contributed by atoms with Gasteiger partial charge in [0, 0.05) is 10.6 Å². The molecule has 1 fully saturated rings. The average molecular weight is 434 g/mol. The number of carbonyl (C=O) groups excluding carboxylic acids is 2. The molecule has 0 radical (unpaired) electrons. The minimum absolute atomic E-state index is 0.0685. The third-order valence-electron chi connectivity index (χ3n) is 5.51. The first-order valence-electron chi connectivity index (χ1n) is 9.90. The van der Waals surface area contributed by atoms with Gasteiger partial charge in [-0.2, -0.15) is 0 Å². The number of benzene rings is 2. The number of amides is 1. The van der Waals surface area contributed by atoms with E-state index in [1.807, 2.05) is 68.6 Å². The number of carbonyl (C=O) groups is 2. The fraction of sp³-hybridized carbons (Fsp3) is 0.200. The maximum absolute atomic E-state index is 13.2. The highest BCUT2D eigenvalue weighted by Crippen LogP contribution is 2.45. The summed E-state index contributed by atoms with van der Waals surface area (Å²) in [4.78, 5) is 28.7. The Kier molecular flexibility index (Phi) is 5.41. The second kappa shape index (κ2) is 8.04. The van der Waals surface area contributed by atoms with Gasteiger partial charge in [0.05, 0.1) is 18.2 Å². The van der Waals surface area contributed by atoms with Crippen LogP contribution >= 0.6 is 11.3 Å². The molecule has 1 N–H and O–H groups in total. The molecule has 0 saturated carbocycles. The zero-order valence-corrected chi connectivity index (χ0v) is 18.6. The SMILES string of the molecule is COc1c(C)cc(C)cc1/C(O)=C1/C(=O)C(=O)N(c2ccccc2C)C1c1cccs1. The van der Waals surface area contributed by atoms with Gasteiger partial charge in [-0.05, 0) is 61.0 Å². The van der Waals surface area contributed by atoms with Crippen LogP contribution in [0.3, 0.4) is 0 Å². The highest BCUT2D eigenvalue weighted by Gasteiger charge is 2.48. The molecule has 1 aliphatic heterocycles. The van der Waals surface area contributed by atoms with Gasteiger partial charge in [-0.1, -0.05) is 30.3 Å². The minimum Gasteiger partial charge on any atom is -0.507 e. The molecule has 0 bridgehead atoms. The van der Waals surface area contributed by atoms with E-state index in [-0.39, 0.29) is 11.3 Å². The maximum Gasteiger partial charge on any atom is 0.300 e. The molecule has 6 heteroatoms. The molecule has 31 heavy (non-hydrogen) atoms. The van der Waals surface area contributed by atoms with Crippen LogP contribution in [0, 0.1) is 20.8 Å². The van der Waals surface area contributed by atoms with Crippen LogP contribution in [0.25, 0.3) is 5.76 Å². The number of anilines is 1. The Morgan fingerprint density at radius 3 is 2.42 bits per heavy atom. The van der Waals surface area contributed by atoms with Gasteiger partial charge in [0.2, 0.25) is 0 Å². The summed E-state index contributed by atoms with van der Waals surface area (Å²) >= 11 is 1.44. The summed E-state index contributed by atoms with van der Waals surface area (Å²) in [5, 5.41) is 13.3. The largest absolute Gasteiger partial charge is 0.507 e. The number of ether oxygens (including phenoxy) is 1. The van der Waals surface area contributed by atoms with E-state index in [0.717, 1.165) is 21.6 Å². The zero-order chi connectivity index (χ0) is 22.3. The van der Waals surface area contributed by atoms with Gasteiger partial charge in [0.15, 0.2) is 0 Å². The summed E-state index contributed by atoms with van der Waals surface area (Å²) in [7, 11) is 1.52. The fourth-order valence-corrected chi connectivity index (χ4v) is 5.00. The Balaban J connectivity index is 2.00. The molecular formula is C25H23NO4S. The first-order chi connectivity index (χ1) is 14.8. The van der Waals surface area contributed by atoms with Crippen molar-refractivity contribution in [1.29, 1.82) is 0 Å². The summed E-state index contributed by atoms with van der Waals surface area (Å²) in [5.41, 5.74) is 3.75. The first-order valence-corrected chi connectivity index (χ1v) is 10.8. The number of nitrogens with zero attached hydrogens (tertiary/aromatic N) is 1. The molecule has 1 saturated heterocycles. The number of aliphatic hydroxyl groups is 1. The van der Waals surface area contributed by atoms with E-state index < -0.39 is 17.7 Å². The molecule has 158 valence electrons. The molecular weight excluding hydrogens is 410 g/mol. The number of hydrogen-bond donors (Lipinski definition) is 1. The highest BCUT2D eigenvalue weighted by atomic mass is 32.1. The molecule has 1 atom stereocenters. The number of Topliss-reactive ketones (excluding diaryl/α,β-unsaturated/α-hetero) is 1. The van der Waals surface area contributed by atoms with Crippen molar-refractivity contribution >= 4 is 34.5 Å². The standard InChI is InChI=1S/C25H23NO4S/c1-14-12-16(3)24(30-4)17(13-14)22(27)20-21(19-10-7-11-31-19)26(25(29)23(20)28)18-9-6-5-8-15(18)2/h5-13,21,27H,1-4H3/b22-20-. The number of aliphatic hydroxyl groups excluding tert-OH is 1. The van der Waals surface area contributed by atoms with Gasteiger partial charge in [-0.15, -0.1) is 11.3 Å². The van der Waals surface area contributed by atoms with Crippen molar-refractivity contribution in [3.8, 4) is 5.75 Å². The Morgan fingerprint density at radius 2 is 1.77 bits per heavy atom. The average Bonchev–Trinajstić information content (AvgIpc) is 3.35. The van der Waals surface area contributed by atoms with Crippen molar-refractivity contribution in [3.63, 3.8) is 0 Å². The number of rotatable bonds is 4. The van der Waals surface area contributed by atoms with Gasteiger partial charge in [0.1, 0.15) is 17.6 Å². The van der Waals surface area contributed by atoms with Crippen molar-refractivity contribution in [2.45, 2.75) is 26.8 Å². The zero-order valence-electron chi connectivity index (χ0n) is 17.8. The molecule has 2 aromatic carbocycles. The van der Waals surface area contributed by atoms with Crippen molar-refractivity contribution in [2.24, 2.45) is 0 Å². The number of hydrogen-bond acceptors (Lipinski definition) is 5. The Bertz CT molecular complexity index is 1210. The van der Waals surface area contributed by atoms with Crippen LogP contribution in [0.5, 0.6) is 5.75 Å². The third-order valence-corrected chi connectivity index (χ3v) is 6.44. The van der Waals surface area contributed by atoms with Gasteiger partial charge < -0.3 is 9.84 Å². The Labute approximate surface area is 185 Å². The normalized spacial score (nSPS) is 17.9. The highest BCUT2D eigenvalue weighted by molar-refractivity contribution is 7.10. The number of methoxy groups -OCH3 is 1. The molecule has 1 amide bonds. The summed E-state index contributed by atoms with van der Waals surface area (Å²) in [6.45, 7) is 5.68. The van der Waals surface area contributed by atoms with E-state index in [4.69, 9.17) is 4.74 Å². The van der Waals surface area contributed by atoms with E-state index in [0.29, 0.717) is 17.0 Å². The van der Waals surface area contributed by atoms with Gasteiger partial charge in [-0.25, -0.2) is 0 Å². The second-order valence-electron chi connectivity index (χ2n) is 7.63. The van der Waals surface area contributed by atoms with E-state index in [9.17, 15) is 14.7 Å². The Morgan fingerprint density at radius 1 is 1.03 bits per heavy atom. The quantitative estimate of drug-likeness (QED) is 0.344. The number of para-hydroxylation sites is 1. The van der Waals surface area contributed by atoms with E-state index >= 15 is 0 Å². The van der Waals surface area contributed by atoms with Crippen molar-refractivity contribution in [1.82, 2.24) is 0 Å². The van der Waals surface area contributed by atoms with E-state index in [1.54, 1.807) is 6.07 Å². The predicted octanol–water partition coefficient (Wildman–Crippen LogP) is 5.31. The summed E-state index contributed by atoms with van der Waals surface area (Å²) < 4.78 is 5.53. The molecule has 2 heterocycles. The second-order valence-corrected chi connectivity index (χ2v) is 8.61. The molecule has 1 aliphatic rings. The number of ketones is 1.